The molecule has 2 saturated carbocycles. The summed E-state index contributed by atoms with van der Waals surface area (Å²) in [6, 6.07) is 11.1. The van der Waals surface area contributed by atoms with Gasteiger partial charge in [0.05, 0.1) is 17.4 Å². The van der Waals surface area contributed by atoms with Gasteiger partial charge in [-0.15, -0.1) is 0 Å². The van der Waals surface area contributed by atoms with E-state index in [4.69, 9.17) is 4.74 Å². The third-order valence-electron chi connectivity index (χ3n) is 7.68. The molecule has 2 aliphatic carbocycles. The fourth-order valence-corrected chi connectivity index (χ4v) is 6.13. The van der Waals surface area contributed by atoms with Crippen molar-refractivity contribution < 1.29 is 4.74 Å². The van der Waals surface area contributed by atoms with Crippen LogP contribution >= 0.6 is 0 Å². The van der Waals surface area contributed by atoms with Gasteiger partial charge in [-0.05, 0) is 44.2 Å². The molecule has 2 N–H and O–H groups in total. The Bertz CT molecular complexity index is 827. The van der Waals surface area contributed by atoms with Crippen LogP contribution in [0.5, 0.6) is 0 Å². The van der Waals surface area contributed by atoms with Gasteiger partial charge < -0.3 is 20.3 Å². The van der Waals surface area contributed by atoms with E-state index in [9.17, 15) is 5.26 Å². The molecule has 0 bridgehead atoms. The molecule has 5 rings (SSSR count). The molecule has 0 aromatic heterocycles. The maximum Gasteiger partial charge on any atom is 0.191 e. The third-order valence-corrected chi connectivity index (χ3v) is 7.68. The predicted molar refractivity (Wildman–Crippen MR) is 114 cm³/mol. The van der Waals surface area contributed by atoms with Crippen molar-refractivity contribution in [2.24, 2.45) is 16.3 Å². The lowest BCUT2D eigenvalue weighted by molar-refractivity contribution is -0.171. The van der Waals surface area contributed by atoms with Crippen LogP contribution in [0.3, 0.4) is 0 Å². The smallest absolute Gasteiger partial charge is 0.191 e. The highest BCUT2D eigenvalue weighted by atomic mass is 16.5. The Morgan fingerprint density at radius 2 is 2.10 bits per heavy atom. The Morgan fingerprint density at radius 1 is 1.24 bits per heavy atom. The molecule has 1 spiro atoms. The van der Waals surface area contributed by atoms with Gasteiger partial charge in [-0.3, -0.25) is 4.99 Å². The lowest BCUT2D eigenvalue weighted by atomic mass is 9.46. The van der Waals surface area contributed by atoms with Crippen LogP contribution in [0.25, 0.3) is 0 Å². The monoisotopic (exact) mass is 393 g/mol. The number of aliphatic imine (C=N–C) groups is 1. The summed E-state index contributed by atoms with van der Waals surface area (Å²) in [5, 5.41) is 16.9. The predicted octanol–water partition coefficient (Wildman–Crippen LogP) is 2.65. The molecular weight excluding hydrogens is 362 g/mol. The topological polar surface area (TPSA) is 72.7 Å². The number of fused-ring (bicyclic) bond motifs is 2. The molecule has 4 aliphatic rings. The molecule has 1 aromatic rings. The van der Waals surface area contributed by atoms with Gasteiger partial charge in [-0.25, -0.2) is 0 Å². The highest BCUT2D eigenvalue weighted by Gasteiger charge is 2.66. The van der Waals surface area contributed by atoms with E-state index >= 15 is 0 Å². The van der Waals surface area contributed by atoms with Crippen molar-refractivity contribution in [2.45, 2.75) is 56.7 Å². The van der Waals surface area contributed by atoms with E-state index in [2.05, 4.69) is 32.7 Å². The Hall–Kier alpha value is -2.26. The molecule has 2 aliphatic heterocycles. The van der Waals surface area contributed by atoms with E-state index < -0.39 is 0 Å². The number of hydrogen-bond donors (Lipinski definition) is 2. The summed E-state index contributed by atoms with van der Waals surface area (Å²) in [5.41, 5.74) is 2.15. The normalized spacial score (nSPS) is 32.7. The fourth-order valence-electron chi connectivity index (χ4n) is 6.13. The van der Waals surface area contributed by atoms with Crippen LogP contribution < -0.4 is 15.5 Å². The Balaban J connectivity index is 1.24. The molecule has 4 unspecified atom stereocenters. The van der Waals surface area contributed by atoms with E-state index in [1.165, 1.54) is 25.7 Å². The third kappa shape index (κ3) is 3.07. The van der Waals surface area contributed by atoms with Crippen LogP contribution in [0.15, 0.2) is 29.3 Å². The maximum atomic E-state index is 9.45. The molecular formula is C23H31N5O. The van der Waals surface area contributed by atoms with Gasteiger partial charge in [0.25, 0.3) is 0 Å². The minimum Gasteiger partial charge on any atom is -0.377 e. The molecule has 29 heavy (non-hydrogen) atoms. The number of piperidine rings is 1. The number of anilines is 1. The van der Waals surface area contributed by atoms with Crippen molar-refractivity contribution in [2.75, 3.05) is 31.6 Å². The van der Waals surface area contributed by atoms with Crippen molar-refractivity contribution >= 4 is 11.6 Å². The fraction of sp³-hybridized carbons (Fsp3) is 0.652. The largest absolute Gasteiger partial charge is 0.377 e. The Morgan fingerprint density at radius 3 is 2.86 bits per heavy atom. The van der Waals surface area contributed by atoms with Gasteiger partial charge in [0, 0.05) is 50.2 Å². The second-order valence-electron chi connectivity index (χ2n) is 9.08. The van der Waals surface area contributed by atoms with Crippen LogP contribution in [0.4, 0.5) is 5.69 Å². The van der Waals surface area contributed by atoms with Crippen molar-refractivity contribution in [3.05, 3.63) is 29.8 Å². The SMILES string of the molecule is CN=C(NC1CCCN(c2ccccc2C#N)C1)NC1C2CCOC2C12CCC2. The highest BCUT2D eigenvalue weighted by Crippen LogP contribution is 2.62. The van der Waals surface area contributed by atoms with E-state index in [1.54, 1.807) is 0 Å². The second kappa shape index (κ2) is 7.53. The molecule has 0 radical (unpaired) electrons. The van der Waals surface area contributed by atoms with Crippen molar-refractivity contribution in [1.29, 1.82) is 5.26 Å². The van der Waals surface area contributed by atoms with Crippen molar-refractivity contribution in [3.63, 3.8) is 0 Å². The van der Waals surface area contributed by atoms with E-state index in [0.717, 1.165) is 49.7 Å². The number of benzene rings is 1. The van der Waals surface area contributed by atoms with E-state index in [0.29, 0.717) is 29.5 Å². The Labute approximate surface area is 173 Å². The summed E-state index contributed by atoms with van der Waals surface area (Å²) in [4.78, 5) is 6.89. The quantitative estimate of drug-likeness (QED) is 0.610. The number of nitrogens with zero attached hydrogens (tertiary/aromatic N) is 3. The summed E-state index contributed by atoms with van der Waals surface area (Å²) < 4.78 is 6.06. The minimum absolute atomic E-state index is 0.328. The first-order valence-corrected chi connectivity index (χ1v) is 11.1. The minimum atomic E-state index is 0.328. The summed E-state index contributed by atoms with van der Waals surface area (Å²) in [6.45, 7) is 2.80. The van der Waals surface area contributed by atoms with Crippen LogP contribution in [0.1, 0.15) is 44.1 Å². The van der Waals surface area contributed by atoms with Crippen LogP contribution in [-0.2, 0) is 4.74 Å². The van der Waals surface area contributed by atoms with E-state index in [-0.39, 0.29) is 0 Å². The zero-order valence-electron chi connectivity index (χ0n) is 17.2. The second-order valence-corrected chi connectivity index (χ2v) is 9.08. The van der Waals surface area contributed by atoms with E-state index in [1.807, 2.05) is 25.2 Å². The van der Waals surface area contributed by atoms with Gasteiger partial charge in [-0.1, -0.05) is 18.6 Å². The number of guanidine groups is 1. The number of rotatable bonds is 3. The summed E-state index contributed by atoms with van der Waals surface area (Å²) in [7, 11) is 1.87. The molecule has 4 fully saturated rings. The van der Waals surface area contributed by atoms with Crippen molar-refractivity contribution in [1.82, 2.24) is 10.6 Å². The molecule has 0 amide bonds. The maximum absolute atomic E-state index is 9.45. The molecule has 6 heteroatoms. The van der Waals surface area contributed by atoms with Crippen molar-refractivity contribution in [3.8, 4) is 6.07 Å². The first kappa shape index (κ1) is 18.7. The van der Waals surface area contributed by atoms with Gasteiger partial charge >= 0.3 is 0 Å². The zero-order valence-corrected chi connectivity index (χ0v) is 17.2. The highest BCUT2D eigenvalue weighted by molar-refractivity contribution is 5.81. The number of ether oxygens (including phenoxy) is 1. The van der Waals surface area contributed by atoms with Gasteiger partial charge in [0.2, 0.25) is 0 Å². The summed E-state index contributed by atoms with van der Waals surface area (Å²) >= 11 is 0. The van der Waals surface area contributed by atoms with Gasteiger partial charge in [-0.2, -0.15) is 5.26 Å². The molecule has 2 saturated heterocycles. The first-order chi connectivity index (χ1) is 14.2. The average molecular weight is 394 g/mol. The van der Waals surface area contributed by atoms with Crippen LogP contribution in [0, 0.1) is 22.7 Å². The molecule has 4 atom stereocenters. The summed E-state index contributed by atoms with van der Waals surface area (Å²) in [5.74, 6) is 1.56. The lowest BCUT2D eigenvalue weighted by Crippen LogP contribution is -2.73. The number of nitrogens with one attached hydrogen (secondary N) is 2. The van der Waals surface area contributed by atoms with Gasteiger partial charge in [0.1, 0.15) is 6.07 Å². The first-order valence-electron chi connectivity index (χ1n) is 11.1. The number of para-hydroxylation sites is 1. The Kier molecular flexibility index (Phi) is 4.87. The molecule has 154 valence electrons. The lowest BCUT2D eigenvalue weighted by Gasteiger charge is -2.63. The number of hydrogen-bond acceptors (Lipinski definition) is 4. The molecule has 6 nitrogen and oxygen atoms in total. The summed E-state index contributed by atoms with van der Waals surface area (Å²) in [6.07, 6.45) is 7.77. The standard InChI is InChI=1S/C23H31N5O/c1-25-22(27-20-18-9-13-29-21(18)23(20)10-5-11-23)26-17-7-4-12-28(15-17)19-8-3-2-6-16(19)14-24/h2-3,6,8,17-18,20-21H,4-5,7,9-13,15H2,1H3,(H2,25,26,27). The van der Waals surface area contributed by atoms with Crippen LogP contribution in [-0.4, -0.2) is 50.9 Å². The average Bonchev–Trinajstić information content (AvgIpc) is 3.15. The van der Waals surface area contributed by atoms with Crippen LogP contribution in [0.2, 0.25) is 0 Å². The molecule has 2 heterocycles. The molecule has 1 aromatic carbocycles. The number of nitriles is 1. The van der Waals surface area contributed by atoms with Gasteiger partial charge in [0.15, 0.2) is 5.96 Å². The zero-order chi connectivity index (χ0) is 19.8.